The maximum absolute atomic E-state index is 13.0. The van der Waals surface area contributed by atoms with Gasteiger partial charge in [-0.3, -0.25) is 0 Å². The molecule has 0 aliphatic carbocycles. The molecular weight excluding hydrogens is 419 g/mol. The molecule has 9 heteroatoms. The Morgan fingerprint density at radius 2 is 1.90 bits per heavy atom. The Balaban J connectivity index is 2.85. The summed E-state index contributed by atoms with van der Waals surface area (Å²) in [5, 5.41) is 0.510. The van der Waals surface area contributed by atoms with Crippen molar-refractivity contribution in [3.05, 3.63) is 56.5 Å². The van der Waals surface area contributed by atoms with Crippen molar-refractivity contribution >= 4 is 35.1 Å². The first-order valence-electron chi connectivity index (χ1n) is 9.00. The van der Waals surface area contributed by atoms with Crippen LogP contribution in [0.1, 0.15) is 25.3 Å². The van der Waals surface area contributed by atoms with Crippen LogP contribution < -0.4 is 5.73 Å². The number of nitrogens with two attached hydrogens (primary N) is 1. The van der Waals surface area contributed by atoms with E-state index in [-0.39, 0.29) is 46.8 Å². The quantitative estimate of drug-likeness (QED) is 0.647. The number of methoxy groups -OCH3 is 1. The third-order valence-electron chi connectivity index (χ3n) is 4.56. The Bertz CT molecular complexity index is 866. The smallest absolute Gasteiger partial charge is 0.340 e. The lowest BCUT2D eigenvalue weighted by atomic mass is 9.81. The second-order valence-electron chi connectivity index (χ2n) is 6.20. The van der Waals surface area contributed by atoms with Crippen molar-refractivity contribution < 1.29 is 23.8 Å². The molecule has 0 radical (unpaired) electrons. The highest BCUT2D eigenvalue weighted by Crippen LogP contribution is 2.45. The zero-order valence-corrected chi connectivity index (χ0v) is 18.3. The van der Waals surface area contributed by atoms with E-state index in [9.17, 15) is 9.59 Å². The van der Waals surface area contributed by atoms with Crippen LogP contribution in [0.5, 0.6) is 0 Å². The summed E-state index contributed by atoms with van der Waals surface area (Å²) in [6.45, 7) is 3.96. The lowest BCUT2D eigenvalue weighted by molar-refractivity contribution is -0.139. The van der Waals surface area contributed by atoms with Crippen molar-refractivity contribution in [3.63, 3.8) is 0 Å². The van der Waals surface area contributed by atoms with Gasteiger partial charge in [0.25, 0.3) is 0 Å². The van der Waals surface area contributed by atoms with Crippen LogP contribution in [0.4, 0.5) is 0 Å². The molecule has 1 aliphatic rings. The van der Waals surface area contributed by atoms with Crippen LogP contribution in [0.3, 0.4) is 0 Å². The zero-order chi connectivity index (χ0) is 21.7. The van der Waals surface area contributed by atoms with Gasteiger partial charge in [0.15, 0.2) is 0 Å². The van der Waals surface area contributed by atoms with Gasteiger partial charge in [0, 0.05) is 19.3 Å². The number of benzene rings is 1. The standard InChI is InChI=1S/C20H24Cl2N2O5/c1-5-28-20(26)16-15(12-7-6-8-13(21)17(12)22)14(19(25)27-4)11(2)24(3)18(16)29-10-9-23/h6-8,15H,5,9-10,23H2,1-4H3. The highest BCUT2D eigenvalue weighted by atomic mass is 35.5. The van der Waals surface area contributed by atoms with E-state index < -0.39 is 17.9 Å². The molecule has 0 bridgehead atoms. The number of ether oxygens (including phenoxy) is 3. The van der Waals surface area contributed by atoms with Crippen molar-refractivity contribution in [2.45, 2.75) is 19.8 Å². The van der Waals surface area contributed by atoms with Crippen molar-refractivity contribution in [2.24, 2.45) is 5.73 Å². The molecule has 1 aromatic rings. The van der Waals surface area contributed by atoms with Gasteiger partial charge in [-0.25, -0.2) is 9.59 Å². The molecule has 0 aromatic heterocycles. The number of carbonyl (C=O) groups excluding carboxylic acids is 2. The minimum absolute atomic E-state index is 0.123. The fourth-order valence-electron chi connectivity index (χ4n) is 3.16. The van der Waals surface area contributed by atoms with Gasteiger partial charge in [0.05, 0.1) is 35.3 Å². The van der Waals surface area contributed by atoms with Crippen LogP contribution in [0.15, 0.2) is 40.9 Å². The summed E-state index contributed by atoms with van der Waals surface area (Å²) in [6, 6.07) is 5.01. The molecule has 7 nitrogen and oxygen atoms in total. The molecule has 1 aromatic carbocycles. The summed E-state index contributed by atoms with van der Waals surface area (Å²) in [4.78, 5) is 27.3. The number of rotatable bonds is 7. The van der Waals surface area contributed by atoms with E-state index in [0.717, 1.165) is 0 Å². The van der Waals surface area contributed by atoms with Crippen LogP contribution in [-0.2, 0) is 23.8 Å². The lowest BCUT2D eigenvalue weighted by Crippen LogP contribution is -2.35. The van der Waals surface area contributed by atoms with E-state index in [0.29, 0.717) is 11.3 Å². The number of halogens is 2. The first-order valence-corrected chi connectivity index (χ1v) is 9.76. The Kier molecular flexibility index (Phi) is 7.96. The Labute approximate surface area is 180 Å². The molecule has 158 valence electrons. The Morgan fingerprint density at radius 1 is 1.21 bits per heavy atom. The van der Waals surface area contributed by atoms with Gasteiger partial charge >= 0.3 is 11.9 Å². The monoisotopic (exact) mass is 442 g/mol. The number of hydrogen-bond acceptors (Lipinski definition) is 7. The highest BCUT2D eigenvalue weighted by Gasteiger charge is 2.42. The fraction of sp³-hybridized carbons (Fsp3) is 0.400. The number of allylic oxidation sites excluding steroid dienone is 1. The van der Waals surface area contributed by atoms with Crippen molar-refractivity contribution in [3.8, 4) is 0 Å². The third kappa shape index (κ3) is 4.52. The molecule has 0 spiro atoms. The summed E-state index contributed by atoms with van der Waals surface area (Å²) >= 11 is 12.7. The van der Waals surface area contributed by atoms with E-state index in [4.69, 9.17) is 43.1 Å². The molecule has 29 heavy (non-hydrogen) atoms. The van der Waals surface area contributed by atoms with Crippen LogP contribution >= 0.6 is 23.2 Å². The second-order valence-corrected chi connectivity index (χ2v) is 6.99. The highest BCUT2D eigenvalue weighted by molar-refractivity contribution is 6.42. The Hall–Kier alpha value is -2.22. The molecule has 0 saturated heterocycles. The van der Waals surface area contributed by atoms with Crippen molar-refractivity contribution in [2.75, 3.05) is 33.9 Å². The van der Waals surface area contributed by atoms with Crippen LogP contribution in [-0.4, -0.2) is 50.8 Å². The van der Waals surface area contributed by atoms with Crippen LogP contribution in [0, 0.1) is 0 Å². The predicted octanol–water partition coefficient (Wildman–Crippen LogP) is 3.22. The number of esters is 2. The molecule has 1 aliphatic heterocycles. The summed E-state index contributed by atoms with van der Waals surface area (Å²) in [7, 11) is 2.95. The predicted molar refractivity (Wildman–Crippen MR) is 110 cm³/mol. The average Bonchev–Trinajstić information content (AvgIpc) is 2.70. The molecule has 0 fully saturated rings. The van der Waals surface area contributed by atoms with E-state index in [1.807, 2.05) is 0 Å². The largest absolute Gasteiger partial charge is 0.477 e. The SMILES string of the molecule is CCOC(=O)C1=C(OCCN)N(C)C(C)=C(C(=O)OC)C1c1cccc(Cl)c1Cl. The summed E-state index contributed by atoms with van der Waals surface area (Å²) in [5.74, 6) is -1.90. The number of carbonyl (C=O) groups is 2. The van der Waals surface area contributed by atoms with Gasteiger partial charge in [0.1, 0.15) is 12.2 Å². The maximum Gasteiger partial charge on any atom is 0.340 e. The van der Waals surface area contributed by atoms with E-state index >= 15 is 0 Å². The summed E-state index contributed by atoms with van der Waals surface area (Å²) in [5.41, 5.74) is 6.95. The molecule has 0 amide bonds. The van der Waals surface area contributed by atoms with E-state index in [2.05, 4.69) is 0 Å². The average molecular weight is 443 g/mol. The van der Waals surface area contributed by atoms with Gasteiger partial charge in [-0.05, 0) is 25.5 Å². The van der Waals surface area contributed by atoms with E-state index in [1.165, 1.54) is 7.11 Å². The minimum atomic E-state index is -0.892. The van der Waals surface area contributed by atoms with Gasteiger partial charge in [0.2, 0.25) is 5.88 Å². The van der Waals surface area contributed by atoms with Crippen molar-refractivity contribution in [1.82, 2.24) is 4.90 Å². The van der Waals surface area contributed by atoms with Gasteiger partial charge in [-0.15, -0.1) is 0 Å². The molecule has 2 N–H and O–H groups in total. The molecule has 1 unspecified atom stereocenters. The maximum atomic E-state index is 13.0. The lowest BCUT2D eigenvalue weighted by Gasteiger charge is -2.36. The first-order chi connectivity index (χ1) is 13.8. The minimum Gasteiger partial charge on any atom is -0.477 e. The number of hydrogen-bond donors (Lipinski definition) is 1. The van der Waals surface area contributed by atoms with Gasteiger partial charge < -0.3 is 24.8 Å². The van der Waals surface area contributed by atoms with Crippen LogP contribution in [0.25, 0.3) is 0 Å². The van der Waals surface area contributed by atoms with E-state index in [1.54, 1.807) is 44.0 Å². The van der Waals surface area contributed by atoms with Crippen molar-refractivity contribution in [1.29, 1.82) is 0 Å². The zero-order valence-electron chi connectivity index (χ0n) is 16.8. The number of nitrogens with zero attached hydrogens (tertiary/aromatic N) is 1. The normalized spacial score (nSPS) is 16.8. The first kappa shape index (κ1) is 23.1. The Morgan fingerprint density at radius 3 is 2.48 bits per heavy atom. The second kappa shape index (κ2) is 10.0. The molecular formula is C20H24Cl2N2O5. The van der Waals surface area contributed by atoms with Gasteiger partial charge in [-0.2, -0.15) is 0 Å². The molecule has 1 atom stereocenters. The van der Waals surface area contributed by atoms with Gasteiger partial charge in [-0.1, -0.05) is 35.3 Å². The molecule has 1 heterocycles. The summed E-state index contributed by atoms with van der Waals surface area (Å²) in [6.07, 6.45) is 0. The molecule has 2 rings (SSSR count). The third-order valence-corrected chi connectivity index (χ3v) is 5.39. The topological polar surface area (TPSA) is 91.1 Å². The molecule has 0 saturated carbocycles. The van der Waals surface area contributed by atoms with Crippen LogP contribution in [0.2, 0.25) is 10.0 Å². The fourth-order valence-corrected chi connectivity index (χ4v) is 3.58. The summed E-state index contributed by atoms with van der Waals surface area (Å²) < 4.78 is 16.1.